The number of hydrogen-bond acceptors (Lipinski definition) is 2. The van der Waals surface area contributed by atoms with Crippen LogP contribution in [0.15, 0.2) is 0 Å². The predicted octanol–water partition coefficient (Wildman–Crippen LogP) is 1.55. The molecule has 0 amide bonds. The van der Waals surface area contributed by atoms with E-state index in [1.54, 1.807) is 0 Å². The zero-order valence-corrected chi connectivity index (χ0v) is 8.32. The molecule has 0 aliphatic rings. The molecule has 0 aliphatic carbocycles. The van der Waals surface area contributed by atoms with Gasteiger partial charge >= 0.3 is 12.1 Å². The summed E-state index contributed by atoms with van der Waals surface area (Å²) in [6.07, 6.45) is -5.59. The van der Waals surface area contributed by atoms with Gasteiger partial charge < -0.3 is 5.11 Å². The number of carboxylic acid groups (broad SMARTS) is 1. The maximum atomic E-state index is 11.7. The Hall–Kier alpha value is -0.590. The van der Waals surface area contributed by atoms with Crippen molar-refractivity contribution in [3.63, 3.8) is 0 Å². The van der Waals surface area contributed by atoms with Crippen LogP contribution in [0.5, 0.6) is 0 Å². The molecule has 0 aromatic carbocycles. The summed E-state index contributed by atoms with van der Waals surface area (Å²) in [5.41, 5.74) is 0. The van der Waals surface area contributed by atoms with E-state index in [-0.39, 0.29) is 12.2 Å². The van der Waals surface area contributed by atoms with Gasteiger partial charge in [0, 0.05) is 23.0 Å². The van der Waals surface area contributed by atoms with Gasteiger partial charge in [-0.15, -0.1) is 0 Å². The minimum atomic E-state index is -4.27. The molecule has 0 aromatic rings. The standard InChI is InChI=1S/C7H11F3O3S/c1-5(6(11)12)14(13)4-2-3-7(8,9)10/h5H,2-4H2,1H3,(H,11,12). The molecule has 2 atom stereocenters. The molecule has 0 heterocycles. The van der Waals surface area contributed by atoms with Gasteiger partial charge in [0.2, 0.25) is 0 Å². The van der Waals surface area contributed by atoms with Crippen molar-refractivity contribution in [2.45, 2.75) is 31.2 Å². The first-order valence-electron chi connectivity index (χ1n) is 3.91. The molecule has 1 N–H and O–H groups in total. The summed E-state index contributed by atoms with van der Waals surface area (Å²) in [7, 11) is -1.73. The molecule has 0 saturated carbocycles. The van der Waals surface area contributed by atoms with Crippen LogP contribution in [0.25, 0.3) is 0 Å². The summed E-state index contributed by atoms with van der Waals surface area (Å²) in [5, 5.41) is 7.29. The summed E-state index contributed by atoms with van der Waals surface area (Å²) in [5.74, 6) is -1.48. The van der Waals surface area contributed by atoms with Crippen molar-refractivity contribution in [3.05, 3.63) is 0 Å². The summed E-state index contributed by atoms with van der Waals surface area (Å²) in [6.45, 7) is 1.21. The molecule has 0 radical (unpaired) electrons. The van der Waals surface area contributed by atoms with Crippen molar-refractivity contribution in [2.24, 2.45) is 0 Å². The fraction of sp³-hybridized carbons (Fsp3) is 0.857. The van der Waals surface area contributed by atoms with Crippen molar-refractivity contribution < 1.29 is 27.3 Å². The lowest BCUT2D eigenvalue weighted by atomic mass is 10.3. The van der Waals surface area contributed by atoms with Crippen LogP contribution >= 0.6 is 0 Å². The summed E-state index contributed by atoms with van der Waals surface area (Å²) >= 11 is 0. The highest BCUT2D eigenvalue weighted by Gasteiger charge is 2.27. The topological polar surface area (TPSA) is 54.4 Å². The largest absolute Gasteiger partial charge is 0.480 e. The van der Waals surface area contributed by atoms with Gasteiger partial charge in [-0.1, -0.05) is 0 Å². The maximum absolute atomic E-state index is 11.7. The van der Waals surface area contributed by atoms with Crippen molar-refractivity contribution in [1.82, 2.24) is 0 Å². The number of carboxylic acids is 1. The third-order valence-electron chi connectivity index (χ3n) is 1.55. The van der Waals surface area contributed by atoms with Crippen LogP contribution < -0.4 is 0 Å². The van der Waals surface area contributed by atoms with E-state index in [1.165, 1.54) is 6.92 Å². The van der Waals surface area contributed by atoms with E-state index in [4.69, 9.17) is 5.11 Å². The fourth-order valence-electron chi connectivity index (χ4n) is 0.704. The molecule has 0 rings (SSSR count). The second-order valence-electron chi connectivity index (χ2n) is 2.78. The Labute approximate surface area is 81.8 Å². The van der Waals surface area contributed by atoms with Gasteiger partial charge in [0.15, 0.2) is 0 Å². The van der Waals surface area contributed by atoms with E-state index in [0.29, 0.717) is 0 Å². The summed E-state index contributed by atoms with van der Waals surface area (Å²) < 4.78 is 46.0. The lowest BCUT2D eigenvalue weighted by molar-refractivity contribution is -0.136. The molecule has 84 valence electrons. The number of aliphatic carboxylic acids is 1. The van der Waals surface area contributed by atoms with Gasteiger partial charge in [0.05, 0.1) is 0 Å². The second kappa shape index (κ2) is 5.33. The quantitative estimate of drug-likeness (QED) is 0.782. The number of halogens is 3. The van der Waals surface area contributed by atoms with E-state index in [0.717, 1.165) is 0 Å². The van der Waals surface area contributed by atoms with Crippen LogP contribution in [0.4, 0.5) is 13.2 Å². The van der Waals surface area contributed by atoms with Gasteiger partial charge in [0.1, 0.15) is 5.25 Å². The third-order valence-corrected chi connectivity index (χ3v) is 3.23. The van der Waals surface area contributed by atoms with Crippen LogP contribution in [-0.2, 0) is 15.6 Å². The highest BCUT2D eigenvalue weighted by molar-refractivity contribution is 7.86. The molecule has 0 spiro atoms. The second-order valence-corrected chi connectivity index (χ2v) is 4.66. The fourth-order valence-corrected chi connectivity index (χ4v) is 1.71. The maximum Gasteiger partial charge on any atom is 0.389 e. The molecule has 0 aliphatic heterocycles. The highest BCUT2D eigenvalue weighted by atomic mass is 32.2. The van der Waals surface area contributed by atoms with E-state index in [2.05, 4.69) is 0 Å². The normalized spacial score (nSPS) is 16.3. The number of carbonyl (C=O) groups is 1. The van der Waals surface area contributed by atoms with Crippen LogP contribution in [0.3, 0.4) is 0 Å². The molecule has 0 bridgehead atoms. The molecular formula is C7H11F3O3S. The molecule has 14 heavy (non-hydrogen) atoms. The van der Waals surface area contributed by atoms with Crippen molar-refractivity contribution in [2.75, 3.05) is 5.75 Å². The smallest absolute Gasteiger partial charge is 0.389 e. The Morgan fingerprint density at radius 1 is 1.50 bits per heavy atom. The summed E-state index contributed by atoms with van der Waals surface area (Å²) in [6, 6.07) is 0. The molecule has 2 unspecified atom stereocenters. The van der Waals surface area contributed by atoms with Gasteiger partial charge in [0.25, 0.3) is 0 Å². The lowest BCUT2D eigenvalue weighted by Gasteiger charge is -2.07. The van der Waals surface area contributed by atoms with Crippen LogP contribution in [0.1, 0.15) is 19.8 Å². The van der Waals surface area contributed by atoms with Crippen molar-refractivity contribution in [1.29, 1.82) is 0 Å². The van der Waals surface area contributed by atoms with Crippen LogP contribution in [0.2, 0.25) is 0 Å². The molecule has 0 saturated heterocycles. The molecule has 0 fully saturated rings. The van der Waals surface area contributed by atoms with E-state index in [9.17, 15) is 22.2 Å². The van der Waals surface area contributed by atoms with Gasteiger partial charge in [-0.2, -0.15) is 13.2 Å². The average Bonchev–Trinajstić information content (AvgIpc) is 2.00. The lowest BCUT2D eigenvalue weighted by Crippen LogP contribution is -2.24. The first-order chi connectivity index (χ1) is 6.24. The Kier molecular flexibility index (Phi) is 5.11. The average molecular weight is 232 g/mol. The minimum Gasteiger partial charge on any atom is -0.480 e. The number of rotatable bonds is 5. The molecule has 7 heteroatoms. The minimum absolute atomic E-state index is 0.229. The molecule has 3 nitrogen and oxygen atoms in total. The van der Waals surface area contributed by atoms with Crippen molar-refractivity contribution >= 4 is 16.8 Å². The predicted molar refractivity (Wildman–Crippen MR) is 45.4 cm³/mol. The van der Waals surface area contributed by atoms with E-state index in [1.807, 2.05) is 0 Å². The monoisotopic (exact) mass is 232 g/mol. The SMILES string of the molecule is CC(C(=O)O)S(=O)CCCC(F)(F)F. The van der Waals surface area contributed by atoms with Gasteiger partial charge in [-0.3, -0.25) is 9.00 Å². The van der Waals surface area contributed by atoms with E-state index < -0.39 is 34.6 Å². The molecular weight excluding hydrogens is 221 g/mol. The van der Waals surface area contributed by atoms with Crippen LogP contribution in [0, 0.1) is 0 Å². The Balaban J connectivity index is 3.81. The number of alkyl halides is 3. The van der Waals surface area contributed by atoms with Gasteiger partial charge in [-0.25, -0.2) is 0 Å². The zero-order chi connectivity index (χ0) is 11.4. The Bertz CT molecular complexity index is 227. The Morgan fingerprint density at radius 3 is 2.36 bits per heavy atom. The van der Waals surface area contributed by atoms with Gasteiger partial charge in [-0.05, 0) is 13.3 Å². The Morgan fingerprint density at radius 2 is 2.00 bits per heavy atom. The van der Waals surface area contributed by atoms with E-state index >= 15 is 0 Å². The first-order valence-corrected chi connectivity index (χ1v) is 5.29. The zero-order valence-electron chi connectivity index (χ0n) is 7.50. The number of hydrogen-bond donors (Lipinski definition) is 1. The van der Waals surface area contributed by atoms with Crippen molar-refractivity contribution in [3.8, 4) is 0 Å². The first kappa shape index (κ1) is 13.4. The molecule has 0 aromatic heterocycles. The highest BCUT2D eigenvalue weighted by Crippen LogP contribution is 2.21. The summed E-state index contributed by atoms with van der Waals surface area (Å²) in [4.78, 5) is 10.3. The third kappa shape index (κ3) is 5.95. The van der Waals surface area contributed by atoms with Crippen LogP contribution in [-0.4, -0.2) is 32.5 Å².